The molecule has 1 fully saturated rings. The molecule has 0 aliphatic carbocycles. The number of imide groups is 1. The highest BCUT2D eigenvalue weighted by Gasteiger charge is 2.34. The van der Waals surface area contributed by atoms with Crippen molar-refractivity contribution in [3.8, 4) is 11.5 Å². The molecule has 3 amide bonds. The summed E-state index contributed by atoms with van der Waals surface area (Å²) >= 11 is 0.894. The maximum atomic E-state index is 12.5. The van der Waals surface area contributed by atoms with Gasteiger partial charge in [0.2, 0.25) is 5.91 Å². The Morgan fingerprint density at radius 3 is 2.20 bits per heavy atom. The number of carbonyl (C=O) groups is 3. The van der Waals surface area contributed by atoms with Gasteiger partial charge < -0.3 is 14.8 Å². The van der Waals surface area contributed by atoms with Crippen LogP contribution in [0.3, 0.4) is 0 Å². The van der Waals surface area contributed by atoms with Crippen molar-refractivity contribution in [2.45, 2.75) is 6.42 Å². The maximum absolute atomic E-state index is 12.5. The lowest BCUT2D eigenvalue weighted by Gasteiger charge is -2.13. The average molecular weight is 426 g/mol. The Morgan fingerprint density at radius 2 is 1.60 bits per heavy atom. The second-order valence-corrected chi connectivity index (χ2v) is 7.47. The summed E-state index contributed by atoms with van der Waals surface area (Å²) < 4.78 is 10.2. The standard InChI is InChI=1S/C22H22N2O5S/c1-28-17-7-3-15(4-8-17)13-19-21(26)24(22(27)30-19)12-11-23-20(25)14-16-5-9-18(29-2)10-6-16/h3-10,13H,11-12,14H2,1-2H3,(H,23,25)/b19-13+. The quantitative estimate of drug-likeness (QED) is 0.653. The van der Waals surface area contributed by atoms with Crippen molar-refractivity contribution in [3.05, 3.63) is 64.6 Å². The van der Waals surface area contributed by atoms with Crippen LogP contribution in [0, 0.1) is 0 Å². The molecule has 2 aromatic rings. The monoisotopic (exact) mass is 426 g/mol. The minimum Gasteiger partial charge on any atom is -0.497 e. The van der Waals surface area contributed by atoms with E-state index in [0.29, 0.717) is 10.7 Å². The molecule has 3 rings (SSSR count). The molecular weight excluding hydrogens is 404 g/mol. The zero-order chi connectivity index (χ0) is 21.5. The van der Waals surface area contributed by atoms with Gasteiger partial charge in [-0.1, -0.05) is 24.3 Å². The number of hydrogen-bond donors (Lipinski definition) is 1. The van der Waals surface area contributed by atoms with Crippen molar-refractivity contribution in [3.63, 3.8) is 0 Å². The van der Waals surface area contributed by atoms with Crippen LogP contribution in [0.2, 0.25) is 0 Å². The Morgan fingerprint density at radius 1 is 1.00 bits per heavy atom. The molecule has 0 bridgehead atoms. The van der Waals surface area contributed by atoms with E-state index >= 15 is 0 Å². The van der Waals surface area contributed by atoms with Crippen LogP contribution >= 0.6 is 11.8 Å². The van der Waals surface area contributed by atoms with Crippen molar-refractivity contribution in [1.29, 1.82) is 0 Å². The van der Waals surface area contributed by atoms with Crippen LogP contribution in [0.1, 0.15) is 11.1 Å². The van der Waals surface area contributed by atoms with Crippen molar-refractivity contribution < 1.29 is 23.9 Å². The third-order valence-electron chi connectivity index (χ3n) is 4.47. The molecule has 1 aliphatic heterocycles. The van der Waals surface area contributed by atoms with Crippen molar-refractivity contribution in [2.75, 3.05) is 27.3 Å². The summed E-state index contributed by atoms with van der Waals surface area (Å²) in [6, 6.07) is 14.4. The predicted octanol–water partition coefficient (Wildman–Crippen LogP) is 3.10. The van der Waals surface area contributed by atoms with Gasteiger partial charge in [0.1, 0.15) is 11.5 Å². The van der Waals surface area contributed by atoms with E-state index in [2.05, 4.69) is 5.32 Å². The SMILES string of the molecule is COc1ccc(/C=C2/SC(=O)N(CCNC(=O)Cc3ccc(OC)cc3)C2=O)cc1. The molecule has 0 unspecified atom stereocenters. The molecule has 0 saturated carbocycles. The van der Waals surface area contributed by atoms with Gasteiger partial charge in [0, 0.05) is 13.1 Å². The number of carbonyl (C=O) groups excluding carboxylic acids is 3. The number of rotatable bonds is 8. The van der Waals surface area contributed by atoms with Crippen LogP contribution < -0.4 is 14.8 Å². The number of thioether (sulfide) groups is 1. The molecule has 2 aromatic carbocycles. The van der Waals surface area contributed by atoms with Crippen molar-refractivity contribution >= 4 is 34.9 Å². The first kappa shape index (κ1) is 21.4. The van der Waals surface area contributed by atoms with Gasteiger partial charge in [0.15, 0.2) is 0 Å². The summed E-state index contributed by atoms with van der Waals surface area (Å²) in [5.74, 6) is 0.901. The number of hydrogen-bond acceptors (Lipinski definition) is 6. The Kier molecular flexibility index (Phi) is 7.13. The molecule has 0 spiro atoms. The highest BCUT2D eigenvalue weighted by Crippen LogP contribution is 2.32. The Hall–Kier alpha value is -3.26. The highest BCUT2D eigenvalue weighted by atomic mass is 32.2. The minimum atomic E-state index is -0.356. The van der Waals surface area contributed by atoms with Gasteiger partial charge in [-0.25, -0.2) is 0 Å². The zero-order valence-electron chi connectivity index (χ0n) is 16.7. The van der Waals surface area contributed by atoms with Gasteiger partial charge in [0.05, 0.1) is 25.5 Å². The summed E-state index contributed by atoms with van der Waals surface area (Å²) in [5, 5.41) is 2.40. The number of nitrogens with one attached hydrogen (secondary N) is 1. The fourth-order valence-electron chi connectivity index (χ4n) is 2.84. The number of nitrogens with zero attached hydrogens (tertiary/aromatic N) is 1. The lowest BCUT2D eigenvalue weighted by molar-refractivity contribution is -0.124. The number of amides is 3. The number of methoxy groups -OCH3 is 2. The van der Waals surface area contributed by atoms with E-state index in [0.717, 1.165) is 33.5 Å². The van der Waals surface area contributed by atoms with Crippen LogP contribution in [0.15, 0.2) is 53.4 Å². The molecule has 7 nitrogen and oxygen atoms in total. The van der Waals surface area contributed by atoms with Crippen LogP contribution in [0.4, 0.5) is 4.79 Å². The summed E-state index contributed by atoms with van der Waals surface area (Å²) in [5.41, 5.74) is 1.65. The lowest BCUT2D eigenvalue weighted by atomic mass is 10.1. The molecular formula is C22H22N2O5S. The smallest absolute Gasteiger partial charge is 0.293 e. The van der Waals surface area contributed by atoms with E-state index in [1.807, 2.05) is 24.3 Å². The normalized spacial score (nSPS) is 14.9. The first-order valence-corrected chi connectivity index (χ1v) is 10.1. The largest absolute Gasteiger partial charge is 0.497 e. The Bertz CT molecular complexity index is 954. The molecule has 8 heteroatoms. The van der Waals surface area contributed by atoms with Crippen LogP contribution in [-0.2, 0) is 16.0 Å². The molecule has 1 saturated heterocycles. The maximum Gasteiger partial charge on any atom is 0.293 e. The van der Waals surface area contributed by atoms with Gasteiger partial charge in [-0.3, -0.25) is 19.3 Å². The van der Waals surface area contributed by atoms with Gasteiger partial charge in [0.25, 0.3) is 11.1 Å². The molecule has 1 heterocycles. The fourth-order valence-corrected chi connectivity index (χ4v) is 3.71. The van der Waals surface area contributed by atoms with E-state index in [1.165, 1.54) is 0 Å². The number of benzene rings is 2. The predicted molar refractivity (Wildman–Crippen MR) is 115 cm³/mol. The van der Waals surface area contributed by atoms with E-state index in [-0.39, 0.29) is 36.6 Å². The van der Waals surface area contributed by atoms with E-state index in [4.69, 9.17) is 9.47 Å². The van der Waals surface area contributed by atoms with Gasteiger partial charge in [-0.2, -0.15) is 0 Å². The van der Waals surface area contributed by atoms with E-state index in [1.54, 1.807) is 44.6 Å². The topological polar surface area (TPSA) is 84.9 Å². The zero-order valence-corrected chi connectivity index (χ0v) is 17.5. The van der Waals surface area contributed by atoms with Crippen LogP contribution in [0.25, 0.3) is 6.08 Å². The highest BCUT2D eigenvalue weighted by molar-refractivity contribution is 8.18. The van der Waals surface area contributed by atoms with Crippen molar-refractivity contribution in [2.24, 2.45) is 0 Å². The first-order chi connectivity index (χ1) is 14.5. The van der Waals surface area contributed by atoms with Gasteiger partial charge in [-0.05, 0) is 53.2 Å². The second-order valence-electron chi connectivity index (χ2n) is 6.48. The van der Waals surface area contributed by atoms with E-state index < -0.39 is 0 Å². The van der Waals surface area contributed by atoms with E-state index in [9.17, 15) is 14.4 Å². The summed E-state index contributed by atoms with van der Waals surface area (Å²) in [7, 11) is 3.16. The third kappa shape index (κ3) is 5.42. The number of ether oxygens (including phenoxy) is 2. The average Bonchev–Trinajstić information content (AvgIpc) is 3.02. The van der Waals surface area contributed by atoms with Crippen LogP contribution in [-0.4, -0.2) is 49.3 Å². The Balaban J connectivity index is 1.51. The summed E-state index contributed by atoms with van der Waals surface area (Å²) in [6.45, 7) is 0.321. The molecule has 156 valence electrons. The minimum absolute atomic E-state index is 0.124. The fraction of sp³-hybridized carbons (Fsp3) is 0.227. The molecule has 1 N–H and O–H groups in total. The molecule has 0 aromatic heterocycles. The van der Waals surface area contributed by atoms with Gasteiger partial charge in [-0.15, -0.1) is 0 Å². The summed E-state index contributed by atoms with van der Waals surface area (Å²) in [6.07, 6.45) is 1.88. The molecule has 1 aliphatic rings. The van der Waals surface area contributed by atoms with Crippen LogP contribution in [0.5, 0.6) is 11.5 Å². The lowest BCUT2D eigenvalue weighted by Crippen LogP contribution is -2.37. The molecule has 0 atom stereocenters. The summed E-state index contributed by atoms with van der Waals surface area (Å²) in [4.78, 5) is 38.3. The van der Waals surface area contributed by atoms with Gasteiger partial charge >= 0.3 is 0 Å². The Labute approximate surface area is 179 Å². The first-order valence-electron chi connectivity index (χ1n) is 9.29. The third-order valence-corrected chi connectivity index (χ3v) is 5.38. The molecule has 30 heavy (non-hydrogen) atoms. The second kappa shape index (κ2) is 9.98. The molecule has 0 radical (unpaired) electrons. The van der Waals surface area contributed by atoms with Crippen molar-refractivity contribution in [1.82, 2.24) is 10.2 Å².